The second-order valence-corrected chi connectivity index (χ2v) is 9.10. The van der Waals surface area contributed by atoms with Crippen molar-refractivity contribution in [3.8, 4) is 0 Å². The molecule has 0 radical (unpaired) electrons. The van der Waals surface area contributed by atoms with Crippen molar-refractivity contribution in [2.75, 3.05) is 11.1 Å². The van der Waals surface area contributed by atoms with Crippen molar-refractivity contribution in [1.82, 2.24) is 4.90 Å². The molecule has 1 N–H and O–H groups in total. The van der Waals surface area contributed by atoms with E-state index in [1.807, 2.05) is 23.9 Å². The quantitative estimate of drug-likeness (QED) is 0.680. The Balaban J connectivity index is 0.00000225. The van der Waals surface area contributed by atoms with Crippen LogP contribution in [0.2, 0.25) is 0 Å². The molecule has 2 aliphatic carbocycles. The van der Waals surface area contributed by atoms with E-state index in [1.165, 1.54) is 55.7 Å². The molecule has 6 heteroatoms. The molecule has 1 saturated heterocycles. The number of carbonyl (C=O) groups is 1. The Morgan fingerprint density at radius 3 is 2.50 bits per heavy atom. The highest BCUT2D eigenvalue weighted by molar-refractivity contribution is 8.14. The van der Waals surface area contributed by atoms with E-state index in [-0.39, 0.29) is 18.3 Å². The van der Waals surface area contributed by atoms with Crippen LogP contribution in [0.4, 0.5) is 5.69 Å². The van der Waals surface area contributed by atoms with Gasteiger partial charge in [0, 0.05) is 29.9 Å². The molecule has 3 aliphatic rings. The zero-order valence-corrected chi connectivity index (χ0v) is 18.4. The number of carbonyl (C=O) groups excluding carboxylic acids is 1. The molecule has 4 nitrogen and oxygen atoms in total. The fourth-order valence-corrected chi connectivity index (χ4v) is 5.46. The van der Waals surface area contributed by atoms with E-state index in [0.717, 1.165) is 17.9 Å². The van der Waals surface area contributed by atoms with E-state index in [2.05, 4.69) is 29.3 Å². The van der Waals surface area contributed by atoms with E-state index in [9.17, 15) is 4.79 Å². The molecular formula is C22H32ClN3OS. The summed E-state index contributed by atoms with van der Waals surface area (Å²) in [6.07, 6.45) is 10.6. The first-order valence-electron chi connectivity index (χ1n) is 10.6. The molecule has 28 heavy (non-hydrogen) atoms. The lowest BCUT2D eigenvalue weighted by molar-refractivity contribution is -0.116. The van der Waals surface area contributed by atoms with Gasteiger partial charge in [-0.05, 0) is 49.8 Å². The summed E-state index contributed by atoms with van der Waals surface area (Å²) in [5.74, 6) is 1.11. The highest BCUT2D eigenvalue weighted by Crippen LogP contribution is 2.38. The predicted octanol–water partition coefficient (Wildman–Crippen LogP) is 5.27. The minimum absolute atomic E-state index is 0. The second kappa shape index (κ2) is 10.0. The SMILES string of the molecule is CCc1ccc(NC(=O)CC2CS/C(=N\C3CCCCC3)N2C2CC2)cc1.Cl. The molecule has 1 atom stereocenters. The molecule has 154 valence electrons. The van der Waals surface area contributed by atoms with Crippen molar-refractivity contribution in [3.63, 3.8) is 0 Å². The molecule has 1 unspecified atom stereocenters. The number of rotatable bonds is 6. The topological polar surface area (TPSA) is 44.7 Å². The number of halogens is 1. The predicted molar refractivity (Wildman–Crippen MR) is 122 cm³/mol. The Morgan fingerprint density at radius 2 is 1.86 bits per heavy atom. The molecule has 1 aromatic rings. The molecule has 1 heterocycles. The maximum atomic E-state index is 12.6. The van der Waals surface area contributed by atoms with Crippen LogP contribution < -0.4 is 5.32 Å². The Bertz CT molecular complexity index is 684. The van der Waals surface area contributed by atoms with Crippen molar-refractivity contribution >= 4 is 40.9 Å². The van der Waals surface area contributed by atoms with Gasteiger partial charge in [0.25, 0.3) is 0 Å². The number of hydrogen-bond donors (Lipinski definition) is 1. The first-order chi connectivity index (χ1) is 13.2. The zero-order chi connectivity index (χ0) is 18.6. The molecular weight excluding hydrogens is 390 g/mol. The number of aryl methyl sites for hydroxylation is 1. The minimum Gasteiger partial charge on any atom is -0.344 e. The lowest BCUT2D eigenvalue weighted by atomic mass is 9.96. The van der Waals surface area contributed by atoms with Crippen LogP contribution in [0.1, 0.15) is 63.9 Å². The molecule has 1 aromatic carbocycles. The van der Waals surface area contributed by atoms with Gasteiger partial charge in [0.15, 0.2) is 5.17 Å². The van der Waals surface area contributed by atoms with Crippen molar-refractivity contribution in [2.24, 2.45) is 4.99 Å². The van der Waals surface area contributed by atoms with Crippen LogP contribution in [0.3, 0.4) is 0 Å². The fraction of sp³-hybridized carbons (Fsp3) is 0.636. The Hall–Kier alpha value is -1.20. The lowest BCUT2D eigenvalue weighted by Crippen LogP contribution is -2.39. The molecule has 0 bridgehead atoms. The van der Waals surface area contributed by atoms with E-state index in [1.54, 1.807) is 0 Å². The summed E-state index contributed by atoms with van der Waals surface area (Å²) in [7, 11) is 0. The monoisotopic (exact) mass is 421 g/mol. The van der Waals surface area contributed by atoms with Crippen LogP contribution in [-0.4, -0.2) is 39.9 Å². The van der Waals surface area contributed by atoms with E-state index < -0.39 is 0 Å². The van der Waals surface area contributed by atoms with Crippen molar-refractivity contribution in [3.05, 3.63) is 29.8 Å². The van der Waals surface area contributed by atoms with Gasteiger partial charge in [-0.3, -0.25) is 9.79 Å². The van der Waals surface area contributed by atoms with Crippen molar-refractivity contribution in [1.29, 1.82) is 0 Å². The number of amides is 1. The summed E-state index contributed by atoms with van der Waals surface area (Å²) in [4.78, 5) is 20.2. The van der Waals surface area contributed by atoms with Gasteiger partial charge in [0.05, 0.1) is 6.04 Å². The smallest absolute Gasteiger partial charge is 0.226 e. The van der Waals surface area contributed by atoms with Gasteiger partial charge in [0.1, 0.15) is 0 Å². The largest absolute Gasteiger partial charge is 0.344 e. The van der Waals surface area contributed by atoms with Gasteiger partial charge >= 0.3 is 0 Å². The summed E-state index contributed by atoms with van der Waals surface area (Å²) < 4.78 is 0. The second-order valence-electron chi connectivity index (χ2n) is 8.11. The number of aliphatic imine (C=N–C) groups is 1. The molecule has 3 fully saturated rings. The summed E-state index contributed by atoms with van der Waals surface area (Å²) in [5, 5.41) is 4.30. The third-order valence-electron chi connectivity index (χ3n) is 5.89. The van der Waals surface area contributed by atoms with Crippen molar-refractivity contribution < 1.29 is 4.79 Å². The molecule has 1 aliphatic heterocycles. The summed E-state index contributed by atoms with van der Waals surface area (Å²) in [6.45, 7) is 2.14. The van der Waals surface area contributed by atoms with Crippen LogP contribution in [-0.2, 0) is 11.2 Å². The number of anilines is 1. The fourth-order valence-electron chi connectivity index (χ4n) is 4.17. The standard InChI is InChI=1S/C22H31N3OS.ClH/c1-2-16-8-10-18(11-9-16)23-21(26)14-20-15-27-22(25(20)19-12-13-19)24-17-6-4-3-5-7-17;/h8-11,17,19-20H,2-7,12-15H2,1H3,(H,23,26);1H/b24-22-;. The first-order valence-corrected chi connectivity index (χ1v) is 11.6. The normalized spacial score (nSPS) is 24.2. The number of thioether (sulfide) groups is 1. The Morgan fingerprint density at radius 1 is 1.14 bits per heavy atom. The van der Waals surface area contributed by atoms with Crippen LogP contribution >= 0.6 is 24.2 Å². The number of amidine groups is 1. The molecule has 2 saturated carbocycles. The number of nitrogens with one attached hydrogen (secondary N) is 1. The van der Waals surface area contributed by atoms with Crippen LogP contribution in [0.25, 0.3) is 0 Å². The van der Waals surface area contributed by atoms with E-state index >= 15 is 0 Å². The Kier molecular flexibility index (Phi) is 7.69. The van der Waals surface area contributed by atoms with Gasteiger partial charge in [-0.2, -0.15) is 0 Å². The number of nitrogens with zero attached hydrogens (tertiary/aromatic N) is 2. The van der Waals surface area contributed by atoms with Gasteiger partial charge in [0.2, 0.25) is 5.91 Å². The molecule has 4 rings (SSSR count). The van der Waals surface area contributed by atoms with Gasteiger partial charge in [-0.25, -0.2) is 0 Å². The average molecular weight is 422 g/mol. The lowest BCUT2D eigenvalue weighted by Gasteiger charge is -2.27. The number of benzene rings is 1. The first kappa shape index (κ1) is 21.5. The van der Waals surface area contributed by atoms with E-state index in [4.69, 9.17) is 4.99 Å². The third kappa shape index (κ3) is 5.44. The summed E-state index contributed by atoms with van der Waals surface area (Å²) >= 11 is 1.87. The minimum atomic E-state index is 0. The molecule has 1 amide bonds. The number of hydrogen-bond acceptors (Lipinski definition) is 3. The molecule has 0 spiro atoms. The van der Waals surface area contributed by atoms with Gasteiger partial charge in [-0.15, -0.1) is 12.4 Å². The van der Waals surface area contributed by atoms with Crippen LogP contribution in [0.15, 0.2) is 29.3 Å². The van der Waals surface area contributed by atoms with Crippen LogP contribution in [0, 0.1) is 0 Å². The van der Waals surface area contributed by atoms with Gasteiger partial charge in [-0.1, -0.05) is 50.1 Å². The maximum absolute atomic E-state index is 12.6. The highest BCUT2D eigenvalue weighted by Gasteiger charge is 2.41. The van der Waals surface area contributed by atoms with Gasteiger partial charge < -0.3 is 10.2 Å². The Labute approximate surface area is 179 Å². The zero-order valence-electron chi connectivity index (χ0n) is 16.7. The molecule has 0 aromatic heterocycles. The van der Waals surface area contributed by atoms with Crippen molar-refractivity contribution in [2.45, 2.75) is 82.8 Å². The maximum Gasteiger partial charge on any atom is 0.226 e. The third-order valence-corrected chi connectivity index (χ3v) is 7.02. The summed E-state index contributed by atoms with van der Waals surface area (Å²) in [6, 6.07) is 9.61. The van der Waals surface area contributed by atoms with E-state index in [0.29, 0.717) is 24.5 Å². The highest BCUT2D eigenvalue weighted by atomic mass is 35.5. The van der Waals surface area contributed by atoms with Crippen LogP contribution in [0.5, 0.6) is 0 Å². The summed E-state index contributed by atoms with van der Waals surface area (Å²) in [5.41, 5.74) is 2.19. The average Bonchev–Trinajstić information content (AvgIpc) is 3.46.